The van der Waals surface area contributed by atoms with Gasteiger partial charge in [0.1, 0.15) is 5.76 Å². The van der Waals surface area contributed by atoms with Gasteiger partial charge in [0, 0.05) is 11.3 Å². The molecule has 1 aliphatic carbocycles. The summed E-state index contributed by atoms with van der Waals surface area (Å²) in [6.45, 7) is 5.78. The van der Waals surface area contributed by atoms with Crippen molar-refractivity contribution in [1.29, 1.82) is 0 Å². The van der Waals surface area contributed by atoms with Crippen molar-refractivity contribution in [2.75, 3.05) is 13.6 Å². The Bertz CT molecular complexity index is 631. The molecule has 3 rings (SSSR count). The molecule has 1 aromatic heterocycles. The number of halogens is 1. The molecule has 2 aromatic rings. The zero-order chi connectivity index (χ0) is 15.0. The molecule has 2 unspecified atom stereocenters. The van der Waals surface area contributed by atoms with Crippen molar-refractivity contribution in [2.24, 2.45) is 11.3 Å². The summed E-state index contributed by atoms with van der Waals surface area (Å²) in [5.74, 6) is 2.22. The Balaban J connectivity index is 1.98. The highest BCUT2D eigenvalue weighted by molar-refractivity contribution is 6.34. The monoisotopic (exact) mass is 305 g/mol. The van der Waals surface area contributed by atoms with Gasteiger partial charge in [-0.05, 0) is 56.3 Å². The summed E-state index contributed by atoms with van der Waals surface area (Å²) in [5.41, 5.74) is 1.22. The third kappa shape index (κ3) is 2.97. The second-order valence-corrected chi connectivity index (χ2v) is 7.55. The van der Waals surface area contributed by atoms with Gasteiger partial charge in [-0.1, -0.05) is 37.6 Å². The third-order valence-electron chi connectivity index (χ3n) is 4.88. The summed E-state index contributed by atoms with van der Waals surface area (Å²) in [5, 5.41) is 5.16. The zero-order valence-electron chi connectivity index (χ0n) is 13.1. The smallest absolute Gasteiger partial charge is 0.152 e. The Morgan fingerprint density at radius 3 is 2.90 bits per heavy atom. The molecule has 0 spiro atoms. The molecule has 3 heteroatoms. The van der Waals surface area contributed by atoms with Gasteiger partial charge in [0.05, 0.1) is 5.02 Å². The number of para-hydroxylation sites is 1. The van der Waals surface area contributed by atoms with Crippen LogP contribution in [0.15, 0.2) is 28.7 Å². The zero-order valence-corrected chi connectivity index (χ0v) is 13.8. The van der Waals surface area contributed by atoms with E-state index in [0.29, 0.717) is 22.3 Å². The Morgan fingerprint density at radius 1 is 1.38 bits per heavy atom. The van der Waals surface area contributed by atoms with Gasteiger partial charge >= 0.3 is 0 Å². The van der Waals surface area contributed by atoms with Crippen LogP contribution in [0.4, 0.5) is 0 Å². The number of furan rings is 1. The number of benzene rings is 1. The first kappa shape index (κ1) is 14.9. The Hall–Kier alpha value is -0.990. The van der Waals surface area contributed by atoms with E-state index in [9.17, 15) is 0 Å². The number of fused-ring (bicyclic) bond motifs is 1. The van der Waals surface area contributed by atoms with E-state index >= 15 is 0 Å². The predicted octanol–water partition coefficient (Wildman–Crippen LogP) is 5.22. The van der Waals surface area contributed by atoms with Crippen LogP contribution in [0.25, 0.3) is 11.0 Å². The molecule has 2 atom stereocenters. The largest absolute Gasteiger partial charge is 0.459 e. The van der Waals surface area contributed by atoms with Gasteiger partial charge in [-0.15, -0.1) is 0 Å². The van der Waals surface area contributed by atoms with Crippen molar-refractivity contribution >= 4 is 22.6 Å². The molecule has 1 saturated carbocycles. The first-order chi connectivity index (χ1) is 10.00. The summed E-state index contributed by atoms with van der Waals surface area (Å²) in [6.07, 6.45) is 3.72. The van der Waals surface area contributed by atoms with Crippen LogP contribution in [-0.2, 0) is 0 Å². The lowest BCUT2D eigenvalue weighted by Crippen LogP contribution is -2.33. The molecule has 1 aliphatic rings. The van der Waals surface area contributed by atoms with Crippen molar-refractivity contribution in [1.82, 2.24) is 5.32 Å². The highest BCUT2D eigenvalue weighted by Gasteiger charge is 2.37. The molecule has 1 N–H and O–H groups in total. The quantitative estimate of drug-likeness (QED) is 0.841. The van der Waals surface area contributed by atoms with Gasteiger partial charge < -0.3 is 9.73 Å². The fourth-order valence-corrected chi connectivity index (χ4v) is 3.93. The van der Waals surface area contributed by atoms with Gasteiger partial charge in [0.15, 0.2) is 5.58 Å². The molecule has 0 bridgehead atoms. The molecule has 2 nitrogen and oxygen atoms in total. The van der Waals surface area contributed by atoms with E-state index in [1.54, 1.807) is 0 Å². The topological polar surface area (TPSA) is 25.2 Å². The van der Waals surface area contributed by atoms with E-state index in [1.807, 2.05) is 19.2 Å². The second kappa shape index (κ2) is 5.66. The molecule has 0 aliphatic heterocycles. The molecule has 0 saturated heterocycles. The number of nitrogens with one attached hydrogen (secondary N) is 1. The van der Waals surface area contributed by atoms with E-state index in [-0.39, 0.29) is 0 Å². The van der Waals surface area contributed by atoms with Crippen LogP contribution in [0.3, 0.4) is 0 Å². The summed E-state index contributed by atoms with van der Waals surface area (Å²) >= 11 is 6.26. The molecule has 1 aromatic carbocycles. The average molecular weight is 306 g/mol. The normalized spacial score (nSPS) is 25.3. The minimum Gasteiger partial charge on any atom is -0.459 e. The van der Waals surface area contributed by atoms with Crippen molar-refractivity contribution in [3.8, 4) is 0 Å². The van der Waals surface area contributed by atoms with Crippen LogP contribution in [0.1, 0.15) is 44.8 Å². The fourth-order valence-electron chi connectivity index (χ4n) is 3.71. The third-order valence-corrected chi connectivity index (χ3v) is 5.18. The lowest BCUT2D eigenvalue weighted by atomic mass is 9.66. The minimum atomic E-state index is 0.387. The van der Waals surface area contributed by atoms with Gasteiger partial charge in [0.25, 0.3) is 0 Å². The van der Waals surface area contributed by atoms with Crippen LogP contribution in [0.5, 0.6) is 0 Å². The predicted molar refractivity (Wildman–Crippen MR) is 89.0 cm³/mol. The summed E-state index contributed by atoms with van der Waals surface area (Å²) < 4.78 is 6.15. The van der Waals surface area contributed by atoms with E-state index in [4.69, 9.17) is 16.0 Å². The molecule has 0 radical (unpaired) electrons. The van der Waals surface area contributed by atoms with E-state index < -0.39 is 0 Å². The van der Waals surface area contributed by atoms with Crippen LogP contribution >= 0.6 is 11.6 Å². The van der Waals surface area contributed by atoms with Gasteiger partial charge in [-0.3, -0.25) is 0 Å². The Labute approximate surface area is 131 Å². The maximum absolute atomic E-state index is 6.26. The van der Waals surface area contributed by atoms with E-state index in [0.717, 1.165) is 23.3 Å². The first-order valence-corrected chi connectivity index (χ1v) is 8.20. The Morgan fingerprint density at radius 2 is 2.19 bits per heavy atom. The van der Waals surface area contributed by atoms with Crippen LogP contribution in [0.2, 0.25) is 5.02 Å². The lowest BCUT2D eigenvalue weighted by Gasteiger charge is -2.40. The highest BCUT2D eigenvalue weighted by atomic mass is 35.5. The molecular formula is C18H24ClNO. The molecule has 0 amide bonds. The first-order valence-electron chi connectivity index (χ1n) is 7.83. The van der Waals surface area contributed by atoms with Crippen molar-refractivity contribution in [3.63, 3.8) is 0 Å². The summed E-state index contributed by atoms with van der Waals surface area (Å²) in [4.78, 5) is 0. The fraction of sp³-hybridized carbons (Fsp3) is 0.556. The average Bonchev–Trinajstić information content (AvgIpc) is 2.86. The number of hydrogen-bond acceptors (Lipinski definition) is 2. The van der Waals surface area contributed by atoms with Crippen molar-refractivity contribution < 1.29 is 4.42 Å². The number of rotatable bonds is 3. The number of hydrogen-bond donors (Lipinski definition) is 1. The SMILES string of the molecule is CNCC1CCC(C)(C)CC1c1cc2cccc(Cl)c2o1. The maximum Gasteiger partial charge on any atom is 0.152 e. The van der Waals surface area contributed by atoms with E-state index in [1.165, 1.54) is 19.3 Å². The minimum absolute atomic E-state index is 0.387. The highest BCUT2D eigenvalue weighted by Crippen LogP contribution is 2.47. The lowest BCUT2D eigenvalue weighted by molar-refractivity contribution is 0.149. The second-order valence-electron chi connectivity index (χ2n) is 7.14. The molecule has 1 heterocycles. The molecule has 21 heavy (non-hydrogen) atoms. The van der Waals surface area contributed by atoms with Crippen LogP contribution in [-0.4, -0.2) is 13.6 Å². The summed E-state index contributed by atoms with van der Waals surface area (Å²) in [6, 6.07) is 8.15. The van der Waals surface area contributed by atoms with Crippen LogP contribution < -0.4 is 5.32 Å². The maximum atomic E-state index is 6.26. The van der Waals surface area contributed by atoms with Gasteiger partial charge in [-0.2, -0.15) is 0 Å². The standard InChI is InChI=1S/C18H24ClNO/c1-18(2)8-7-13(11-20-3)14(10-18)16-9-12-5-4-6-15(19)17(12)21-16/h4-6,9,13-14,20H,7-8,10-11H2,1-3H3. The van der Waals surface area contributed by atoms with Crippen molar-refractivity contribution in [2.45, 2.75) is 39.0 Å². The van der Waals surface area contributed by atoms with Crippen LogP contribution in [0, 0.1) is 11.3 Å². The molecule has 114 valence electrons. The Kier molecular flexibility index (Phi) is 4.02. The van der Waals surface area contributed by atoms with Gasteiger partial charge in [0.2, 0.25) is 0 Å². The molecular weight excluding hydrogens is 282 g/mol. The van der Waals surface area contributed by atoms with Gasteiger partial charge in [-0.25, -0.2) is 0 Å². The van der Waals surface area contributed by atoms with E-state index in [2.05, 4.69) is 31.3 Å². The van der Waals surface area contributed by atoms with Crippen molar-refractivity contribution in [3.05, 3.63) is 35.0 Å². The molecule has 1 fully saturated rings. The summed E-state index contributed by atoms with van der Waals surface area (Å²) in [7, 11) is 2.03.